The van der Waals surface area contributed by atoms with Gasteiger partial charge in [-0.1, -0.05) is 6.42 Å². The first-order chi connectivity index (χ1) is 10.3. The minimum Gasteiger partial charge on any atom is -0.364 e. The van der Waals surface area contributed by atoms with Gasteiger partial charge in [0.2, 0.25) is 5.95 Å². The van der Waals surface area contributed by atoms with E-state index in [0.29, 0.717) is 17.6 Å². The van der Waals surface area contributed by atoms with Crippen LogP contribution < -0.4 is 10.6 Å². The lowest BCUT2D eigenvalue weighted by Gasteiger charge is -2.29. The van der Waals surface area contributed by atoms with Crippen LogP contribution in [0.3, 0.4) is 0 Å². The average molecular weight is 289 g/mol. The maximum atomic E-state index is 4.50. The van der Waals surface area contributed by atoms with Crippen molar-refractivity contribution in [3.8, 4) is 0 Å². The van der Waals surface area contributed by atoms with E-state index in [4.69, 9.17) is 0 Å². The third-order valence-corrected chi connectivity index (χ3v) is 3.87. The Kier molecular flexibility index (Phi) is 4.19. The highest BCUT2D eigenvalue weighted by Gasteiger charge is 2.16. The Morgan fingerprint density at radius 2 is 2.10 bits per heavy atom. The predicted molar refractivity (Wildman–Crippen MR) is 84.6 cm³/mol. The third kappa shape index (κ3) is 3.24. The van der Waals surface area contributed by atoms with E-state index >= 15 is 0 Å². The molecular formula is C14H23N7. The van der Waals surface area contributed by atoms with Crippen molar-refractivity contribution in [2.75, 3.05) is 37.3 Å². The minimum atomic E-state index is 0.328. The molecule has 0 saturated carbocycles. The summed E-state index contributed by atoms with van der Waals surface area (Å²) in [6.07, 6.45) is 5.65. The summed E-state index contributed by atoms with van der Waals surface area (Å²) >= 11 is 0. The van der Waals surface area contributed by atoms with Crippen LogP contribution >= 0.6 is 0 Å². The molecule has 0 aliphatic carbocycles. The number of imidazole rings is 1. The molecular weight excluding hydrogens is 266 g/mol. The normalized spacial score (nSPS) is 17.8. The molecule has 0 amide bonds. The average Bonchev–Trinajstić information content (AvgIpc) is 2.96. The molecule has 2 aromatic heterocycles. The van der Waals surface area contributed by atoms with E-state index in [0.717, 1.165) is 17.9 Å². The molecule has 21 heavy (non-hydrogen) atoms. The number of nitrogens with one attached hydrogen (secondary N) is 3. The van der Waals surface area contributed by atoms with Crippen LogP contribution in [0.1, 0.15) is 26.2 Å². The second kappa shape index (κ2) is 6.26. The van der Waals surface area contributed by atoms with Gasteiger partial charge < -0.3 is 20.5 Å². The predicted octanol–water partition coefficient (Wildman–Crippen LogP) is 1.68. The largest absolute Gasteiger partial charge is 0.364 e. The summed E-state index contributed by atoms with van der Waals surface area (Å²) in [7, 11) is 1.81. The summed E-state index contributed by atoms with van der Waals surface area (Å²) in [4.78, 5) is 18.7. The maximum Gasteiger partial charge on any atom is 0.226 e. The number of nitrogens with zero attached hydrogens (tertiary/aromatic N) is 4. The number of aromatic amines is 1. The number of hydrogen-bond acceptors (Lipinski definition) is 6. The summed E-state index contributed by atoms with van der Waals surface area (Å²) in [5.74, 6) is 1.40. The number of aromatic nitrogens is 4. The monoisotopic (exact) mass is 289 g/mol. The second-order valence-corrected chi connectivity index (χ2v) is 5.65. The highest BCUT2D eigenvalue weighted by atomic mass is 15.2. The van der Waals surface area contributed by atoms with Crippen molar-refractivity contribution in [1.29, 1.82) is 0 Å². The Hall–Kier alpha value is -1.89. The molecule has 1 fully saturated rings. The van der Waals surface area contributed by atoms with Gasteiger partial charge in [-0.2, -0.15) is 9.97 Å². The fraction of sp³-hybridized carbons (Fsp3) is 0.643. The van der Waals surface area contributed by atoms with Crippen molar-refractivity contribution in [3.63, 3.8) is 0 Å². The SMILES string of the molecule is CNc1nc(NC(C)CN2CCCCC2)c2[nH]cnc2n1. The molecule has 114 valence electrons. The number of likely N-dealkylation sites (tertiary alicyclic amines) is 1. The Balaban J connectivity index is 1.72. The Morgan fingerprint density at radius 3 is 2.86 bits per heavy atom. The lowest BCUT2D eigenvalue weighted by Crippen LogP contribution is -2.38. The number of fused-ring (bicyclic) bond motifs is 1. The van der Waals surface area contributed by atoms with E-state index < -0.39 is 0 Å². The van der Waals surface area contributed by atoms with E-state index in [1.54, 1.807) is 6.33 Å². The molecule has 0 radical (unpaired) electrons. The van der Waals surface area contributed by atoms with Crippen molar-refractivity contribution in [3.05, 3.63) is 6.33 Å². The number of rotatable bonds is 5. The first-order valence-corrected chi connectivity index (χ1v) is 7.64. The zero-order valence-corrected chi connectivity index (χ0v) is 12.7. The molecule has 0 bridgehead atoms. The molecule has 0 aromatic carbocycles. The van der Waals surface area contributed by atoms with Crippen molar-refractivity contribution < 1.29 is 0 Å². The molecule has 2 aromatic rings. The van der Waals surface area contributed by atoms with Gasteiger partial charge in [-0.05, 0) is 32.9 Å². The molecule has 1 aliphatic rings. The van der Waals surface area contributed by atoms with Crippen LogP contribution in [0.2, 0.25) is 0 Å². The molecule has 7 heteroatoms. The third-order valence-electron chi connectivity index (χ3n) is 3.87. The van der Waals surface area contributed by atoms with E-state index in [-0.39, 0.29) is 0 Å². The zero-order chi connectivity index (χ0) is 14.7. The summed E-state index contributed by atoms with van der Waals surface area (Å²) in [5, 5.41) is 6.47. The summed E-state index contributed by atoms with van der Waals surface area (Å²) < 4.78 is 0. The summed E-state index contributed by atoms with van der Waals surface area (Å²) in [6, 6.07) is 0.328. The number of anilines is 2. The Morgan fingerprint density at radius 1 is 1.29 bits per heavy atom. The van der Waals surface area contributed by atoms with Gasteiger partial charge in [-0.25, -0.2) is 4.98 Å². The number of H-pyrrole nitrogens is 1. The van der Waals surface area contributed by atoms with Crippen molar-refractivity contribution in [2.24, 2.45) is 0 Å². The molecule has 3 N–H and O–H groups in total. The second-order valence-electron chi connectivity index (χ2n) is 5.65. The van der Waals surface area contributed by atoms with Crippen LogP contribution in [0.4, 0.5) is 11.8 Å². The molecule has 1 saturated heterocycles. The quantitative estimate of drug-likeness (QED) is 0.777. The smallest absolute Gasteiger partial charge is 0.226 e. The van der Waals surface area contributed by atoms with Gasteiger partial charge in [0, 0.05) is 19.6 Å². The topological polar surface area (TPSA) is 81.8 Å². The minimum absolute atomic E-state index is 0.328. The highest BCUT2D eigenvalue weighted by Crippen LogP contribution is 2.19. The lowest BCUT2D eigenvalue weighted by molar-refractivity contribution is 0.223. The van der Waals surface area contributed by atoms with Crippen LogP contribution in [0.5, 0.6) is 0 Å². The first kappa shape index (κ1) is 14.1. The standard InChI is InChI=1S/C14H23N7/c1-10(8-21-6-4-3-5-7-21)18-13-11-12(17-9-16-11)19-14(15-2)20-13/h9-10H,3-8H2,1-2H3,(H3,15,16,17,18,19,20). The zero-order valence-electron chi connectivity index (χ0n) is 12.7. The van der Waals surface area contributed by atoms with Crippen LogP contribution in [0.15, 0.2) is 6.33 Å². The van der Waals surface area contributed by atoms with Crippen molar-refractivity contribution in [2.45, 2.75) is 32.2 Å². The first-order valence-electron chi connectivity index (χ1n) is 7.64. The highest BCUT2D eigenvalue weighted by molar-refractivity contribution is 5.83. The summed E-state index contributed by atoms with van der Waals surface area (Å²) in [6.45, 7) is 5.64. The molecule has 0 spiro atoms. The van der Waals surface area contributed by atoms with E-state index in [1.807, 2.05) is 7.05 Å². The van der Waals surface area contributed by atoms with Gasteiger partial charge in [0.05, 0.1) is 6.33 Å². The van der Waals surface area contributed by atoms with E-state index in [1.165, 1.54) is 32.4 Å². The van der Waals surface area contributed by atoms with E-state index in [9.17, 15) is 0 Å². The maximum absolute atomic E-state index is 4.50. The van der Waals surface area contributed by atoms with Crippen LogP contribution in [-0.4, -0.2) is 57.6 Å². The fourth-order valence-electron chi connectivity index (χ4n) is 2.86. The molecule has 1 atom stereocenters. The fourth-order valence-corrected chi connectivity index (χ4v) is 2.86. The molecule has 7 nitrogen and oxygen atoms in total. The van der Waals surface area contributed by atoms with Gasteiger partial charge in [-0.3, -0.25) is 0 Å². The Bertz CT molecular complexity index is 588. The van der Waals surface area contributed by atoms with E-state index in [2.05, 4.69) is 42.4 Å². The van der Waals surface area contributed by atoms with Crippen molar-refractivity contribution >= 4 is 22.9 Å². The lowest BCUT2D eigenvalue weighted by atomic mass is 10.1. The molecule has 1 aliphatic heterocycles. The van der Waals surface area contributed by atoms with Crippen LogP contribution in [0, 0.1) is 0 Å². The van der Waals surface area contributed by atoms with Crippen LogP contribution in [-0.2, 0) is 0 Å². The van der Waals surface area contributed by atoms with Gasteiger partial charge in [-0.15, -0.1) is 0 Å². The van der Waals surface area contributed by atoms with Gasteiger partial charge in [0.1, 0.15) is 5.52 Å². The van der Waals surface area contributed by atoms with Gasteiger partial charge in [0.15, 0.2) is 11.5 Å². The number of piperidine rings is 1. The van der Waals surface area contributed by atoms with Crippen LogP contribution in [0.25, 0.3) is 11.2 Å². The number of hydrogen-bond donors (Lipinski definition) is 3. The van der Waals surface area contributed by atoms with Gasteiger partial charge >= 0.3 is 0 Å². The molecule has 3 heterocycles. The van der Waals surface area contributed by atoms with Crippen molar-refractivity contribution in [1.82, 2.24) is 24.8 Å². The Labute approximate surface area is 124 Å². The molecule has 1 unspecified atom stereocenters. The summed E-state index contributed by atoms with van der Waals surface area (Å²) in [5.41, 5.74) is 1.54. The van der Waals surface area contributed by atoms with Gasteiger partial charge in [0.25, 0.3) is 0 Å². The molecule has 3 rings (SSSR count).